The van der Waals surface area contributed by atoms with Gasteiger partial charge in [-0.1, -0.05) is 30.3 Å². The molecule has 2 aromatic rings. The number of thiocarbonyl (C=S) groups is 1. The van der Waals surface area contributed by atoms with Gasteiger partial charge in [-0.2, -0.15) is 0 Å². The number of hydrogen-bond donors (Lipinski definition) is 2. The Bertz CT molecular complexity index is 926. The number of ether oxygens (including phenoxy) is 3. The maximum atomic E-state index is 12.9. The molecule has 0 amide bonds. The summed E-state index contributed by atoms with van der Waals surface area (Å²) in [6.45, 7) is 4.77. The molecule has 3 rings (SSSR count). The fourth-order valence-corrected chi connectivity index (χ4v) is 3.60. The second-order valence-corrected chi connectivity index (χ2v) is 6.74. The molecule has 1 atom stereocenters. The molecule has 7 heteroatoms. The van der Waals surface area contributed by atoms with Crippen LogP contribution in [0, 0.1) is 0 Å². The van der Waals surface area contributed by atoms with Crippen molar-refractivity contribution in [2.45, 2.75) is 19.9 Å². The summed E-state index contributed by atoms with van der Waals surface area (Å²) in [5.74, 6) is 0.288. The van der Waals surface area contributed by atoms with Gasteiger partial charge >= 0.3 is 5.97 Å². The van der Waals surface area contributed by atoms with Gasteiger partial charge in [-0.3, -0.25) is 0 Å². The van der Waals surface area contributed by atoms with Gasteiger partial charge in [0.2, 0.25) is 0 Å². The van der Waals surface area contributed by atoms with Crippen LogP contribution in [0.15, 0.2) is 47.7 Å². The molecular formula is C21H24N2O4S. The summed E-state index contributed by atoms with van der Waals surface area (Å²) in [7, 11) is 1.56. The van der Waals surface area contributed by atoms with E-state index in [9.17, 15) is 4.79 Å². The van der Waals surface area contributed by atoms with E-state index in [1.165, 1.54) is 0 Å². The SMILES string of the molecule is CCOc1ccc2ccccc2c1[C@H]1NC(=S)NC(C)=C1C(=O)OCCOC. The maximum absolute atomic E-state index is 12.9. The fourth-order valence-electron chi connectivity index (χ4n) is 3.33. The summed E-state index contributed by atoms with van der Waals surface area (Å²) in [6.07, 6.45) is 0. The number of rotatable bonds is 7. The lowest BCUT2D eigenvalue weighted by Gasteiger charge is -2.31. The van der Waals surface area contributed by atoms with Crippen molar-refractivity contribution in [1.29, 1.82) is 0 Å². The van der Waals surface area contributed by atoms with E-state index >= 15 is 0 Å². The highest BCUT2D eigenvalue weighted by Gasteiger charge is 2.34. The predicted octanol–water partition coefficient (Wildman–Crippen LogP) is 3.22. The van der Waals surface area contributed by atoms with E-state index in [0.29, 0.717) is 35.3 Å². The largest absolute Gasteiger partial charge is 0.493 e. The average molecular weight is 401 g/mol. The smallest absolute Gasteiger partial charge is 0.338 e. The lowest BCUT2D eigenvalue weighted by molar-refractivity contribution is -0.140. The van der Waals surface area contributed by atoms with Gasteiger partial charge in [0.25, 0.3) is 0 Å². The van der Waals surface area contributed by atoms with Crippen molar-refractivity contribution in [2.24, 2.45) is 0 Å². The summed E-state index contributed by atoms with van der Waals surface area (Å²) in [4.78, 5) is 12.9. The van der Waals surface area contributed by atoms with Crippen molar-refractivity contribution < 1.29 is 19.0 Å². The zero-order valence-electron chi connectivity index (χ0n) is 16.2. The summed E-state index contributed by atoms with van der Waals surface area (Å²) in [5, 5.41) is 8.75. The van der Waals surface area contributed by atoms with Crippen LogP contribution in [0.3, 0.4) is 0 Å². The van der Waals surface area contributed by atoms with Crippen molar-refractivity contribution in [3.8, 4) is 5.75 Å². The standard InChI is InChI=1S/C21H24N2O4S/c1-4-26-16-10-9-14-7-5-6-8-15(14)18(16)19-17(13(2)22-21(28)23-19)20(24)27-12-11-25-3/h5-10,19H,4,11-12H2,1-3H3,(H2,22,23,28)/t19-/m0/s1. The van der Waals surface area contributed by atoms with Crippen molar-refractivity contribution in [1.82, 2.24) is 10.6 Å². The number of benzene rings is 2. The van der Waals surface area contributed by atoms with Crippen LogP contribution in [0.25, 0.3) is 10.8 Å². The van der Waals surface area contributed by atoms with Crippen LogP contribution in [-0.4, -0.2) is 38.0 Å². The first kappa shape index (κ1) is 20.1. The Morgan fingerprint density at radius 1 is 1.18 bits per heavy atom. The Morgan fingerprint density at radius 3 is 2.71 bits per heavy atom. The molecule has 1 heterocycles. The highest BCUT2D eigenvalue weighted by molar-refractivity contribution is 7.80. The number of fused-ring (bicyclic) bond motifs is 1. The molecule has 0 aromatic heterocycles. The van der Waals surface area contributed by atoms with Crippen LogP contribution in [0.2, 0.25) is 0 Å². The number of methoxy groups -OCH3 is 1. The van der Waals surface area contributed by atoms with E-state index in [1.54, 1.807) is 7.11 Å². The predicted molar refractivity (Wildman–Crippen MR) is 112 cm³/mol. The van der Waals surface area contributed by atoms with E-state index < -0.39 is 12.0 Å². The topological polar surface area (TPSA) is 68.8 Å². The number of carbonyl (C=O) groups excluding carboxylic acids is 1. The van der Waals surface area contributed by atoms with Gasteiger partial charge in [0, 0.05) is 18.4 Å². The lowest BCUT2D eigenvalue weighted by Crippen LogP contribution is -2.45. The molecule has 2 N–H and O–H groups in total. The summed E-state index contributed by atoms with van der Waals surface area (Å²) >= 11 is 5.37. The summed E-state index contributed by atoms with van der Waals surface area (Å²) in [5.41, 5.74) is 2.00. The van der Waals surface area contributed by atoms with Gasteiger partial charge in [-0.25, -0.2) is 4.79 Å². The zero-order chi connectivity index (χ0) is 20.1. The monoisotopic (exact) mass is 400 g/mol. The first-order valence-corrected chi connectivity index (χ1v) is 9.56. The van der Waals surface area contributed by atoms with E-state index in [1.807, 2.05) is 50.2 Å². The average Bonchev–Trinajstić information content (AvgIpc) is 2.67. The molecule has 148 valence electrons. The molecule has 0 saturated heterocycles. The Morgan fingerprint density at radius 2 is 1.96 bits per heavy atom. The minimum Gasteiger partial charge on any atom is -0.493 e. The Labute approximate surface area is 169 Å². The van der Waals surface area contributed by atoms with Crippen molar-refractivity contribution in [3.05, 3.63) is 53.2 Å². The molecule has 0 saturated carbocycles. The molecule has 0 radical (unpaired) electrons. The third-order valence-corrected chi connectivity index (χ3v) is 4.75. The maximum Gasteiger partial charge on any atom is 0.338 e. The van der Waals surface area contributed by atoms with E-state index in [-0.39, 0.29) is 6.61 Å². The van der Waals surface area contributed by atoms with E-state index in [4.69, 9.17) is 26.4 Å². The third-order valence-electron chi connectivity index (χ3n) is 4.53. The second-order valence-electron chi connectivity index (χ2n) is 6.33. The van der Waals surface area contributed by atoms with Gasteiger partial charge in [-0.15, -0.1) is 0 Å². The minimum absolute atomic E-state index is 0.178. The van der Waals surface area contributed by atoms with Gasteiger partial charge < -0.3 is 24.8 Å². The number of carbonyl (C=O) groups is 1. The Kier molecular flexibility index (Phi) is 6.49. The van der Waals surface area contributed by atoms with Crippen LogP contribution in [0.1, 0.15) is 25.5 Å². The first-order chi connectivity index (χ1) is 13.6. The zero-order valence-corrected chi connectivity index (χ0v) is 17.0. The molecule has 1 aliphatic rings. The number of nitrogens with one attached hydrogen (secondary N) is 2. The first-order valence-electron chi connectivity index (χ1n) is 9.15. The highest BCUT2D eigenvalue weighted by Crippen LogP contribution is 2.38. The van der Waals surface area contributed by atoms with Crippen molar-refractivity contribution >= 4 is 34.1 Å². The number of allylic oxidation sites excluding steroid dienone is 1. The quantitative estimate of drug-likeness (QED) is 0.420. The molecule has 28 heavy (non-hydrogen) atoms. The van der Waals surface area contributed by atoms with E-state index in [2.05, 4.69) is 10.6 Å². The van der Waals surface area contributed by atoms with Crippen molar-refractivity contribution in [2.75, 3.05) is 26.9 Å². The van der Waals surface area contributed by atoms with E-state index in [0.717, 1.165) is 16.3 Å². The number of hydrogen-bond acceptors (Lipinski definition) is 5. The second kappa shape index (κ2) is 9.03. The molecular weight excluding hydrogens is 376 g/mol. The Balaban J connectivity index is 2.13. The van der Waals surface area contributed by atoms with Crippen LogP contribution in [0.5, 0.6) is 5.75 Å². The van der Waals surface area contributed by atoms with Gasteiger partial charge in [0.1, 0.15) is 12.4 Å². The molecule has 0 unspecified atom stereocenters. The van der Waals surface area contributed by atoms with Gasteiger partial charge in [0.05, 0.1) is 24.8 Å². The highest BCUT2D eigenvalue weighted by atomic mass is 32.1. The Hall–Kier alpha value is -2.64. The molecule has 1 aliphatic heterocycles. The summed E-state index contributed by atoms with van der Waals surface area (Å²) < 4.78 is 16.3. The molecule has 6 nitrogen and oxygen atoms in total. The molecule has 2 aromatic carbocycles. The normalized spacial score (nSPS) is 16.5. The van der Waals surface area contributed by atoms with Crippen LogP contribution >= 0.6 is 12.2 Å². The molecule has 0 fully saturated rings. The van der Waals surface area contributed by atoms with Gasteiger partial charge in [-0.05, 0) is 42.9 Å². The fraction of sp³-hybridized carbons (Fsp3) is 0.333. The summed E-state index contributed by atoms with van der Waals surface area (Å²) in [6, 6.07) is 11.4. The van der Waals surface area contributed by atoms with Gasteiger partial charge in [0.15, 0.2) is 5.11 Å². The van der Waals surface area contributed by atoms with Crippen LogP contribution in [-0.2, 0) is 14.3 Å². The molecule has 0 bridgehead atoms. The molecule has 0 spiro atoms. The van der Waals surface area contributed by atoms with Crippen molar-refractivity contribution in [3.63, 3.8) is 0 Å². The minimum atomic E-state index is -0.489. The van der Waals surface area contributed by atoms with Crippen LogP contribution in [0.4, 0.5) is 0 Å². The lowest BCUT2D eigenvalue weighted by atomic mass is 9.90. The molecule has 0 aliphatic carbocycles. The number of esters is 1. The van der Waals surface area contributed by atoms with Crippen LogP contribution < -0.4 is 15.4 Å². The third kappa shape index (κ3) is 4.10.